The molecular formula is C12H16BrClN2O2S. The molecule has 1 fully saturated rings. The molecule has 106 valence electrons. The van der Waals surface area contributed by atoms with Gasteiger partial charge in [-0.05, 0) is 44.0 Å². The monoisotopic (exact) mass is 366 g/mol. The summed E-state index contributed by atoms with van der Waals surface area (Å²) in [6.45, 7) is 1.25. The van der Waals surface area contributed by atoms with E-state index in [0.29, 0.717) is 12.6 Å². The van der Waals surface area contributed by atoms with Crippen molar-refractivity contribution in [3.05, 3.63) is 27.7 Å². The largest absolute Gasteiger partial charge is 0.314 e. The molecule has 1 saturated carbocycles. The van der Waals surface area contributed by atoms with E-state index in [2.05, 4.69) is 26.0 Å². The fourth-order valence-electron chi connectivity index (χ4n) is 1.66. The Labute approximate surface area is 127 Å². The van der Waals surface area contributed by atoms with E-state index in [1.807, 2.05) is 0 Å². The highest BCUT2D eigenvalue weighted by molar-refractivity contribution is 9.10. The number of rotatable bonds is 7. The van der Waals surface area contributed by atoms with Crippen molar-refractivity contribution in [2.75, 3.05) is 13.1 Å². The van der Waals surface area contributed by atoms with E-state index >= 15 is 0 Å². The average Bonchev–Trinajstić information content (AvgIpc) is 3.11. The smallest absolute Gasteiger partial charge is 0.242 e. The number of sulfonamides is 1. The van der Waals surface area contributed by atoms with E-state index in [-0.39, 0.29) is 9.92 Å². The number of halogens is 2. The molecule has 0 radical (unpaired) electrons. The highest BCUT2D eigenvalue weighted by atomic mass is 79.9. The minimum absolute atomic E-state index is 0.118. The Kier molecular flexibility index (Phi) is 5.25. The Morgan fingerprint density at radius 2 is 2.05 bits per heavy atom. The molecule has 1 aliphatic rings. The van der Waals surface area contributed by atoms with Crippen molar-refractivity contribution < 1.29 is 8.42 Å². The molecule has 0 aromatic heterocycles. The molecule has 0 aliphatic heterocycles. The van der Waals surface area contributed by atoms with Gasteiger partial charge in [-0.15, -0.1) is 0 Å². The minimum atomic E-state index is -3.52. The topological polar surface area (TPSA) is 58.2 Å². The van der Waals surface area contributed by atoms with Crippen LogP contribution in [0.3, 0.4) is 0 Å². The number of hydrogen-bond donors (Lipinski definition) is 2. The van der Waals surface area contributed by atoms with Gasteiger partial charge < -0.3 is 5.32 Å². The molecule has 0 amide bonds. The van der Waals surface area contributed by atoms with E-state index in [4.69, 9.17) is 11.6 Å². The van der Waals surface area contributed by atoms with Crippen LogP contribution in [0.1, 0.15) is 19.3 Å². The van der Waals surface area contributed by atoms with Crippen LogP contribution >= 0.6 is 27.5 Å². The molecule has 0 spiro atoms. The third-order valence-corrected chi connectivity index (χ3v) is 5.28. The molecule has 0 bridgehead atoms. The average molecular weight is 368 g/mol. The third-order valence-electron chi connectivity index (χ3n) is 2.84. The molecule has 0 atom stereocenters. The molecule has 1 aromatic carbocycles. The number of nitrogens with one attached hydrogen (secondary N) is 2. The van der Waals surface area contributed by atoms with Crippen molar-refractivity contribution in [3.8, 4) is 0 Å². The highest BCUT2D eigenvalue weighted by Crippen LogP contribution is 2.25. The molecule has 1 aliphatic carbocycles. The summed E-state index contributed by atoms with van der Waals surface area (Å²) < 4.78 is 27.4. The molecule has 2 rings (SSSR count). The molecular weight excluding hydrogens is 352 g/mol. The van der Waals surface area contributed by atoms with Gasteiger partial charge in [-0.1, -0.05) is 27.5 Å². The Hall–Kier alpha value is -0.140. The lowest BCUT2D eigenvalue weighted by atomic mass is 10.4. The third kappa shape index (κ3) is 4.72. The fourth-order valence-corrected chi connectivity index (χ4v) is 3.77. The van der Waals surface area contributed by atoms with Gasteiger partial charge in [0.15, 0.2) is 0 Å². The Morgan fingerprint density at radius 1 is 1.32 bits per heavy atom. The first-order chi connectivity index (χ1) is 8.99. The van der Waals surface area contributed by atoms with Crippen LogP contribution in [-0.2, 0) is 10.0 Å². The standard InChI is InChI=1S/C12H16BrClN2O2S/c13-9-2-5-12(11(14)8-9)19(17,18)16-7-1-6-15-10-3-4-10/h2,5,8,10,15-16H,1,3-4,6-7H2. The van der Waals surface area contributed by atoms with Crippen molar-refractivity contribution in [3.63, 3.8) is 0 Å². The maximum atomic E-state index is 12.0. The first kappa shape index (κ1) is 15.3. The summed E-state index contributed by atoms with van der Waals surface area (Å²) in [5, 5.41) is 3.55. The lowest BCUT2D eigenvalue weighted by Gasteiger charge is -2.09. The molecule has 7 heteroatoms. The van der Waals surface area contributed by atoms with E-state index < -0.39 is 10.0 Å². The summed E-state index contributed by atoms with van der Waals surface area (Å²) in [4.78, 5) is 0.118. The summed E-state index contributed by atoms with van der Waals surface area (Å²) in [5.74, 6) is 0. The highest BCUT2D eigenvalue weighted by Gasteiger charge is 2.20. The van der Waals surface area contributed by atoms with Crippen LogP contribution in [0.4, 0.5) is 0 Å². The quantitative estimate of drug-likeness (QED) is 0.728. The van der Waals surface area contributed by atoms with E-state index in [1.165, 1.54) is 18.9 Å². The molecule has 0 saturated heterocycles. The summed E-state index contributed by atoms with van der Waals surface area (Å²) in [6.07, 6.45) is 3.24. The second-order valence-electron chi connectivity index (χ2n) is 4.55. The van der Waals surface area contributed by atoms with Crippen LogP contribution in [0.5, 0.6) is 0 Å². The van der Waals surface area contributed by atoms with Gasteiger partial charge in [0.05, 0.1) is 5.02 Å². The predicted octanol–water partition coefficient (Wildman–Crippen LogP) is 2.52. The van der Waals surface area contributed by atoms with Crippen molar-refractivity contribution >= 4 is 37.6 Å². The van der Waals surface area contributed by atoms with Crippen LogP contribution in [0.15, 0.2) is 27.6 Å². The lowest BCUT2D eigenvalue weighted by molar-refractivity contribution is 0.573. The van der Waals surface area contributed by atoms with Crippen molar-refractivity contribution in [2.24, 2.45) is 0 Å². The van der Waals surface area contributed by atoms with Gasteiger partial charge in [0, 0.05) is 17.1 Å². The zero-order valence-corrected chi connectivity index (χ0v) is 13.5. The molecule has 0 heterocycles. The van der Waals surface area contributed by atoms with E-state index in [0.717, 1.165) is 17.4 Å². The summed E-state index contributed by atoms with van der Waals surface area (Å²) in [5.41, 5.74) is 0. The maximum absolute atomic E-state index is 12.0. The Morgan fingerprint density at radius 3 is 2.68 bits per heavy atom. The second-order valence-corrected chi connectivity index (χ2v) is 7.61. The number of hydrogen-bond acceptors (Lipinski definition) is 3. The van der Waals surface area contributed by atoms with Gasteiger partial charge in [0.2, 0.25) is 10.0 Å². The van der Waals surface area contributed by atoms with E-state index in [9.17, 15) is 8.42 Å². The van der Waals surface area contributed by atoms with Gasteiger partial charge in [0.25, 0.3) is 0 Å². The van der Waals surface area contributed by atoms with Crippen LogP contribution in [-0.4, -0.2) is 27.5 Å². The van der Waals surface area contributed by atoms with Gasteiger partial charge in [-0.2, -0.15) is 0 Å². The normalized spacial score (nSPS) is 15.7. The Bertz CT molecular complexity index is 547. The SMILES string of the molecule is O=S(=O)(NCCCNC1CC1)c1ccc(Br)cc1Cl. The van der Waals surface area contributed by atoms with Crippen LogP contribution in [0.2, 0.25) is 5.02 Å². The van der Waals surface area contributed by atoms with Crippen LogP contribution < -0.4 is 10.0 Å². The van der Waals surface area contributed by atoms with Gasteiger partial charge in [-0.3, -0.25) is 0 Å². The molecule has 1 aromatic rings. The summed E-state index contributed by atoms with van der Waals surface area (Å²) >= 11 is 9.19. The van der Waals surface area contributed by atoms with Crippen molar-refractivity contribution in [2.45, 2.75) is 30.2 Å². The lowest BCUT2D eigenvalue weighted by Crippen LogP contribution is -2.28. The van der Waals surface area contributed by atoms with Gasteiger partial charge in [-0.25, -0.2) is 13.1 Å². The first-order valence-corrected chi connectivity index (χ1v) is 8.82. The minimum Gasteiger partial charge on any atom is -0.314 e. The van der Waals surface area contributed by atoms with Gasteiger partial charge >= 0.3 is 0 Å². The zero-order chi connectivity index (χ0) is 13.9. The van der Waals surface area contributed by atoms with Gasteiger partial charge in [0.1, 0.15) is 4.90 Å². The van der Waals surface area contributed by atoms with Crippen LogP contribution in [0, 0.1) is 0 Å². The maximum Gasteiger partial charge on any atom is 0.242 e. The summed E-state index contributed by atoms with van der Waals surface area (Å²) in [7, 11) is -3.52. The second kappa shape index (κ2) is 6.54. The molecule has 0 unspecified atom stereocenters. The van der Waals surface area contributed by atoms with Crippen molar-refractivity contribution in [1.29, 1.82) is 0 Å². The number of benzene rings is 1. The van der Waals surface area contributed by atoms with E-state index in [1.54, 1.807) is 12.1 Å². The first-order valence-electron chi connectivity index (χ1n) is 6.17. The molecule has 2 N–H and O–H groups in total. The van der Waals surface area contributed by atoms with Crippen molar-refractivity contribution in [1.82, 2.24) is 10.0 Å². The molecule has 4 nitrogen and oxygen atoms in total. The van der Waals surface area contributed by atoms with Crippen LogP contribution in [0.25, 0.3) is 0 Å². The zero-order valence-electron chi connectivity index (χ0n) is 10.3. The predicted molar refractivity (Wildman–Crippen MR) is 80.0 cm³/mol. The molecule has 19 heavy (non-hydrogen) atoms. The summed E-state index contributed by atoms with van der Waals surface area (Å²) in [6, 6.07) is 5.38. The Balaban J connectivity index is 1.86. The fraction of sp³-hybridized carbons (Fsp3) is 0.500.